The van der Waals surface area contributed by atoms with Gasteiger partial charge in [-0.1, -0.05) is 17.7 Å². The molecular weight excluding hydrogens is 380 g/mol. The van der Waals surface area contributed by atoms with Crippen LogP contribution in [0.25, 0.3) is 10.8 Å². The first-order valence-corrected chi connectivity index (χ1v) is 8.01. The van der Waals surface area contributed by atoms with E-state index in [4.69, 9.17) is 11.6 Å². The van der Waals surface area contributed by atoms with Crippen molar-refractivity contribution in [1.82, 2.24) is 4.98 Å². The van der Waals surface area contributed by atoms with Crippen LogP contribution < -0.4 is 10.9 Å². The Morgan fingerprint density at radius 1 is 1.22 bits per heavy atom. The van der Waals surface area contributed by atoms with Crippen molar-refractivity contribution < 1.29 is 4.79 Å². The molecule has 0 fully saturated rings. The van der Waals surface area contributed by atoms with E-state index in [1.54, 1.807) is 30.5 Å². The van der Waals surface area contributed by atoms with Gasteiger partial charge >= 0.3 is 0 Å². The van der Waals surface area contributed by atoms with E-state index >= 15 is 0 Å². The molecule has 0 radical (unpaired) electrons. The minimum atomic E-state index is -0.275. The Hall–Kier alpha value is -2.11. The van der Waals surface area contributed by atoms with Gasteiger partial charge in [0, 0.05) is 16.1 Å². The molecule has 116 valence electrons. The van der Waals surface area contributed by atoms with Crippen LogP contribution in [0.4, 0.5) is 5.69 Å². The van der Waals surface area contributed by atoms with Gasteiger partial charge < -0.3 is 10.3 Å². The molecule has 4 nitrogen and oxygen atoms in total. The minimum Gasteiger partial charge on any atom is -0.329 e. The van der Waals surface area contributed by atoms with Gasteiger partial charge in [0.1, 0.15) is 0 Å². The fraction of sp³-hybridized carbons (Fsp3) is 0.0588. The number of rotatable bonds is 2. The molecule has 1 aromatic heterocycles. The second kappa shape index (κ2) is 6.18. The van der Waals surface area contributed by atoms with Crippen LogP contribution in [0, 0.1) is 6.92 Å². The zero-order valence-corrected chi connectivity index (χ0v) is 14.5. The van der Waals surface area contributed by atoms with Crippen molar-refractivity contribution >= 4 is 49.9 Å². The summed E-state index contributed by atoms with van der Waals surface area (Å²) >= 11 is 9.58. The predicted molar refractivity (Wildman–Crippen MR) is 96.4 cm³/mol. The molecule has 0 bridgehead atoms. The topological polar surface area (TPSA) is 62.0 Å². The second-order valence-electron chi connectivity index (χ2n) is 5.16. The van der Waals surface area contributed by atoms with Gasteiger partial charge in [0.05, 0.1) is 16.3 Å². The summed E-state index contributed by atoms with van der Waals surface area (Å²) in [6, 6.07) is 10.5. The van der Waals surface area contributed by atoms with Gasteiger partial charge in [-0.15, -0.1) is 0 Å². The molecule has 0 saturated carbocycles. The zero-order valence-electron chi connectivity index (χ0n) is 12.1. The zero-order chi connectivity index (χ0) is 16.6. The number of anilines is 1. The molecule has 1 amide bonds. The molecule has 2 aromatic carbocycles. The molecule has 23 heavy (non-hydrogen) atoms. The molecule has 0 aliphatic heterocycles. The first kappa shape index (κ1) is 15.8. The summed E-state index contributed by atoms with van der Waals surface area (Å²) in [7, 11) is 0. The summed E-state index contributed by atoms with van der Waals surface area (Å²) in [6.45, 7) is 1.95. The lowest BCUT2D eigenvalue weighted by Gasteiger charge is -2.10. The average molecular weight is 392 g/mol. The standard InChI is InChI=1S/C17H12BrClN2O2/c1-9-2-3-11(13(18)6-9)17(23)21-15-7-10-4-5-20-16(22)12(10)8-14(15)19/h2-8H,1H3,(H,20,22)(H,21,23). The number of aromatic nitrogens is 1. The number of aromatic amines is 1. The summed E-state index contributed by atoms with van der Waals surface area (Å²) in [5.41, 5.74) is 1.81. The van der Waals surface area contributed by atoms with Crippen LogP contribution >= 0.6 is 27.5 Å². The maximum absolute atomic E-state index is 12.4. The Kier molecular flexibility index (Phi) is 4.24. The Morgan fingerprint density at radius 3 is 2.74 bits per heavy atom. The fourth-order valence-corrected chi connectivity index (χ4v) is 3.18. The highest BCUT2D eigenvalue weighted by Crippen LogP contribution is 2.28. The van der Waals surface area contributed by atoms with Gasteiger partial charge in [-0.2, -0.15) is 0 Å². The number of hydrogen-bond acceptors (Lipinski definition) is 2. The lowest BCUT2D eigenvalue weighted by Crippen LogP contribution is -2.13. The number of fused-ring (bicyclic) bond motifs is 1. The van der Waals surface area contributed by atoms with Crippen molar-refractivity contribution in [2.45, 2.75) is 6.92 Å². The van der Waals surface area contributed by atoms with Crippen LogP contribution in [-0.4, -0.2) is 10.9 Å². The van der Waals surface area contributed by atoms with E-state index in [-0.39, 0.29) is 11.5 Å². The quantitative estimate of drug-likeness (QED) is 0.675. The first-order valence-electron chi connectivity index (χ1n) is 6.84. The summed E-state index contributed by atoms with van der Waals surface area (Å²) in [6.07, 6.45) is 1.56. The van der Waals surface area contributed by atoms with Gasteiger partial charge in [0.15, 0.2) is 0 Å². The van der Waals surface area contributed by atoms with Gasteiger partial charge in [-0.3, -0.25) is 9.59 Å². The van der Waals surface area contributed by atoms with E-state index in [9.17, 15) is 9.59 Å². The number of carbonyl (C=O) groups excluding carboxylic acids is 1. The number of nitrogens with one attached hydrogen (secondary N) is 2. The van der Waals surface area contributed by atoms with Crippen LogP contribution in [0.15, 0.2) is 51.9 Å². The van der Waals surface area contributed by atoms with E-state index in [0.29, 0.717) is 31.5 Å². The highest BCUT2D eigenvalue weighted by molar-refractivity contribution is 9.10. The number of carbonyl (C=O) groups is 1. The Balaban J connectivity index is 1.99. The number of pyridine rings is 1. The number of benzene rings is 2. The normalized spacial score (nSPS) is 10.7. The van der Waals surface area contributed by atoms with Crippen molar-refractivity contribution in [3.63, 3.8) is 0 Å². The molecule has 1 heterocycles. The number of amides is 1. The largest absolute Gasteiger partial charge is 0.329 e. The van der Waals surface area contributed by atoms with E-state index < -0.39 is 0 Å². The monoisotopic (exact) mass is 390 g/mol. The van der Waals surface area contributed by atoms with Crippen LogP contribution in [-0.2, 0) is 0 Å². The van der Waals surface area contributed by atoms with Crippen molar-refractivity contribution in [1.29, 1.82) is 0 Å². The molecule has 0 saturated heterocycles. The number of halogens is 2. The van der Waals surface area contributed by atoms with Gasteiger partial charge in [-0.05, 0) is 64.1 Å². The second-order valence-corrected chi connectivity index (χ2v) is 6.43. The first-order chi connectivity index (χ1) is 11.0. The maximum atomic E-state index is 12.4. The average Bonchev–Trinajstić information content (AvgIpc) is 2.49. The summed E-state index contributed by atoms with van der Waals surface area (Å²) < 4.78 is 0.711. The Labute approximate surface area is 145 Å². The predicted octanol–water partition coefficient (Wildman–Crippen LogP) is 4.50. The lowest BCUT2D eigenvalue weighted by molar-refractivity contribution is 0.102. The van der Waals surface area contributed by atoms with Gasteiger partial charge in [-0.25, -0.2) is 0 Å². The van der Waals surface area contributed by atoms with Crippen molar-refractivity contribution in [2.24, 2.45) is 0 Å². The molecular formula is C17H12BrClN2O2. The van der Waals surface area contributed by atoms with Crippen molar-refractivity contribution in [2.75, 3.05) is 5.32 Å². The van der Waals surface area contributed by atoms with Gasteiger partial charge in [0.25, 0.3) is 11.5 Å². The number of aryl methyl sites for hydroxylation is 1. The fourth-order valence-electron chi connectivity index (χ4n) is 2.30. The molecule has 0 atom stereocenters. The minimum absolute atomic E-state index is 0.219. The van der Waals surface area contributed by atoms with Crippen LogP contribution in [0.5, 0.6) is 0 Å². The van der Waals surface area contributed by atoms with E-state index in [2.05, 4.69) is 26.2 Å². The highest BCUT2D eigenvalue weighted by atomic mass is 79.9. The van der Waals surface area contributed by atoms with Crippen molar-refractivity contribution in [3.05, 3.63) is 73.6 Å². The SMILES string of the molecule is Cc1ccc(C(=O)Nc2cc3cc[nH]c(=O)c3cc2Cl)c(Br)c1. The molecule has 0 aliphatic rings. The van der Waals surface area contributed by atoms with Crippen LogP contribution in [0.1, 0.15) is 15.9 Å². The van der Waals surface area contributed by atoms with Crippen LogP contribution in [0.3, 0.4) is 0 Å². The molecule has 3 aromatic rings. The molecule has 6 heteroatoms. The molecule has 2 N–H and O–H groups in total. The number of hydrogen-bond donors (Lipinski definition) is 2. The van der Waals surface area contributed by atoms with Gasteiger partial charge in [0.2, 0.25) is 0 Å². The summed E-state index contributed by atoms with van der Waals surface area (Å²) in [5.74, 6) is -0.275. The lowest BCUT2D eigenvalue weighted by atomic mass is 10.1. The van der Waals surface area contributed by atoms with Crippen molar-refractivity contribution in [3.8, 4) is 0 Å². The summed E-state index contributed by atoms with van der Waals surface area (Å²) in [4.78, 5) is 26.8. The maximum Gasteiger partial charge on any atom is 0.256 e. The summed E-state index contributed by atoms with van der Waals surface area (Å²) in [5, 5.41) is 4.28. The smallest absolute Gasteiger partial charge is 0.256 e. The third kappa shape index (κ3) is 3.16. The van der Waals surface area contributed by atoms with Crippen LogP contribution in [0.2, 0.25) is 5.02 Å². The molecule has 0 spiro atoms. The Bertz CT molecular complexity index is 982. The number of H-pyrrole nitrogens is 1. The third-order valence-corrected chi connectivity index (χ3v) is 4.45. The van der Waals surface area contributed by atoms with E-state index in [0.717, 1.165) is 5.56 Å². The molecule has 0 unspecified atom stereocenters. The van der Waals surface area contributed by atoms with E-state index in [1.807, 2.05) is 19.1 Å². The third-order valence-electron chi connectivity index (χ3n) is 3.48. The van der Waals surface area contributed by atoms with E-state index in [1.165, 1.54) is 0 Å². The highest BCUT2D eigenvalue weighted by Gasteiger charge is 2.13. The molecule has 0 aliphatic carbocycles. The molecule has 3 rings (SSSR count). The Morgan fingerprint density at radius 2 is 2.00 bits per heavy atom.